The predicted octanol–water partition coefficient (Wildman–Crippen LogP) is 0.0440. The molecule has 0 spiro atoms. The van der Waals surface area contributed by atoms with E-state index in [9.17, 15) is 24.6 Å². The van der Waals surface area contributed by atoms with Crippen molar-refractivity contribution in [3.8, 4) is 0 Å². The van der Waals surface area contributed by atoms with E-state index in [1.165, 1.54) is 13.1 Å². The number of rotatable bonds is 6. The van der Waals surface area contributed by atoms with Gasteiger partial charge in [0.2, 0.25) is 0 Å². The molecule has 0 saturated carbocycles. The summed E-state index contributed by atoms with van der Waals surface area (Å²) in [4.78, 5) is 36.2. The molecule has 1 aromatic rings. The Morgan fingerprint density at radius 2 is 1.90 bits per heavy atom. The molecule has 2 heterocycles. The van der Waals surface area contributed by atoms with E-state index in [4.69, 9.17) is 14.3 Å². The molecule has 0 aromatic carbocycles. The first-order valence-corrected chi connectivity index (χ1v) is 12.3. The Hall–Kier alpha value is -1.79. The summed E-state index contributed by atoms with van der Waals surface area (Å²) < 4.78 is 13.7. The van der Waals surface area contributed by atoms with Gasteiger partial charge in [0, 0.05) is 11.8 Å². The molecule has 0 aliphatic carbocycles. The van der Waals surface area contributed by atoms with Crippen molar-refractivity contribution in [3.05, 3.63) is 32.6 Å². The number of carboxylic acid groups (broad SMARTS) is 1. The van der Waals surface area contributed by atoms with Crippen LogP contribution in [0.5, 0.6) is 0 Å². The smallest absolute Gasteiger partial charge is 0.333 e. The second-order valence-electron chi connectivity index (χ2n) is 8.87. The topological polar surface area (TPSA) is 140 Å². The number of hydrogen-bond acceptors (Lipinski definition) is 7. The minimum Gasteiger partial charge on any atom is -0.480 e. The van der Waals surface area contributed by atoms with Gasteiger partial charge in [0.1, 0.15) is 24.9 Å². The third kappa shape index (κ3) is 4.53. The van der Waals surface area contributed by atoms with E-state index in [1.54, 1.807) is 0 Å². The van der Waals surface area contributed by atoms with Crippen molar-refractivity contribution < 1.29 is 29.3 Å². The fourth-order valence-electron chi connectivity index (χ4n) is 2.95. The van der Waals surface area contributed by atoms with Crippen LogP contribution in [-0.4, -0.2) is 63.7 Å². The number of aliphatic hydroxyl groups excluding tert-OH is 2. The lowest BCUT2D eigenvalue weighted by molar-refractivity contribution is -0.137. The molecule has 0 radical (unpaired) electrons. The van der Waals surface area contributed by atoms with E-state index in [1.807, 2.05) is 33.9 Å². The fraction of sp³-hybridized carbons (Fsp3) is 0.722. The molecule has 4 unspecified atom stereocenters. The maximum Gasteiger partial charge on any atom is 0.333 e. The standard InChI is InChI=1S/C18H30N2O8Si/c1-10-7-20(17(26)19(15(10)25)8-12(22)23)16-14(13(24)11(9-21)27-16)28-29(5,6)18(2,3)4/h7,11,13-14,16,21,24H,8-9H2,1-6H3,(H,22,23). The van der Waals surface area contributed by atoms with Gasteiger partial charge >= 0.3 is 11.7 Å². The van der Waals surface area contributed by atoms with Crippen LogP contribution in [0.2, 0.25) is 18.1 Å². The number of carbonyl (C=O) groups is 1. The fourth-order valence-corrected chi connectivity index (χ4v) is 4.24. The normalized spacial score (nSPS) is 25.4. The maximum atomic E-state index is 12.9. The molecular weight excluding hydrogens is 400 g/mol. The summed E-state index contributed by atoms with van der Waals surface area (Å²) in [6.45, 7) is 10.2. The van der Waals surface area contributed by atoms with Crippen LogP contribution in [0.25, 0.3) is 0 Å². The highest BCUT2D eigenvalue weighted by Crippen LogP contribution is 2.41. The van der Waals surface area contributed by atoms with Gasteiger partial charge < -0.3 is 24.5 Å². The zero-order valence-electron chi connectivity index (χ0n) is 17.6. The van der Waals surface area contributed by atoms with Gasteiger partial charge in [-0.3, -0.25) is 14.2 Å². The Bertz CT molecular complexity index is 885. The van der Waals surface area contributed by atoms with Gasteiger partial charge in [-0.2, -0.15) is 0 Å². The van der Waals surface area contributed by atoms with Crippen LogP contribution >= 0.6 is 0 Å². The molecule has 4 atom stereocenters. The summed E-state index contributed by atoms with van der Waals surface area (Å²) in [5.74, 6) is -1.34. The molecule has 1 saturated heterocycles. The maximum absolute atomic E-state index is 12.9. The van der Waals surface area contributed by atoms with Crippen molar-refractivity contribution in [2.75, 3.05) is 6.61 Å². The van der Waals surface area contributed by atoms with E-state index >= 15 is 0 Å². The number of nitrogens with zero attached hydrogens (tertiary/aromatic N) is 2. The monoisotopic (exact) mass is 430 g/mol. The number of hydrogen-bond donors (Lipinski definition) is 3. The van der Waals surface area contributed by atoms with Crippen molar-refractivity contribution in [2.45, 2.75) is 76.9 Å². The molecule has 1 fully saturated rings. The van der Waals surface area contributed by atoms with Crippen LogP contribution in [0.3, 0.4) is 0 Å². The van der Waals surface area contributed by atoms with Gasteiger partial charge in [-0.15, -0.1) is 0 Å². The van der Waals surface area contributed by atoms with E-state index in [-0.39, 0.29) is 10.6 Å². The first-order chi connectivity index (χ1) is 13.2. The Kier molecular flexibility index (Phi) is 6.60. The van der Waals surface area contributed by atoms with Crippen molar-refractivity contribution in [3.63, 3.8) is 0 Å². The average molecular weight is 431 g/mol. The first kappa shape index (κ1) is 23.5. The van der Waals surface area contributed by atoms with Crippen molar-refractivity contribution in [2.24, 2.45) is 0 Å². The summed E-state index contributed by atoms with van der Waals surface area (Å²) in [7, 11) is -2.41. The molecule has 3 N–H and O–H groups in total. The molecule has 0 bridgehead atoms. The summed E-state index contributed by atoms with van der Waals surface area (Å²) in [6, 6.07) is 0. The molecule has 1 aliphatic heterocycles. The van der Waals surface area contributed by atoms with Crippen molar-refractivity contribution in [1.29, 1.82) is 0 Å². The van der Waals surface area contributed by atoms with Gasteiger partial charge in [0.15, 0.2) is 14.5 Å². The van der Waals surface area contributed by atoms with Crippen LogP contribution in [0.4, 0.5) is 0 Å². The van der Waals surface area contributed by atoms with E-state index in [2.05, 4.69) is 0 Å². The van der Waals surface area contributed by atoms with Gasteiger partial charge in [0.05, 0.1) is 6.61 Å². The zero-order valence-corrected chi connectivity index (χ0v) is 18.6. The van der Waals surface area contributed by atoms with Gasteiger partial charge in [-0.1, -0.05) is 20.8 Å². The van der Waals surface area contributed by atoms with Crippen molar-refractivity contribution in [1.82, 2.24) is 9.13 Å². The Labute approximate surface area is 169 Å². The van der Waals surface area contributed by atoms with Crippen LogP contribution in [0.15, 0.2) is 15.8 Å². The molecule has 11 heteroatoms. The lowest BCUT2D eigenvalue weighted by atomic mass is 10.1. The number of aromatic nitrogens is 2. The lowest BCUT2D eigenvalue weighted by Gasteiger charge is -2.40. The Morgan fingerprint density at radius 3 is 2.38 bits per heavy atom. The van der Waals surface area contributed by atoms with Crippen LogP contribution in [0.1, 0.15) is 32.6 Å². The van der Waals surface area contributed by atoms with Crippen LogP contribution in [-0.2, 0) is 20.5 Å². The molecule has 0 amide bonds. The third-order valence-corrected chi connectivity index (χ3v) is 10.1. The third-order valence-electron chi connectivity index (χ3n) is 5.66. The number of carboxylic acids is 1. The summed E-state index contributed by atoms with van der Waals surface area (Å²) in [5, 5.41) is 29.1. The molecule has 10 nitrogen and oxygen atoms in total. The van der Waals surface area contributed by atoms with E-state index in [0.29, 0.717) is 4.57 Å². The highest BCUT2D eigenvalue weighted by molar-refractivity contribution is 6.74. The summed E-state index contributed by atoms with van der Waals surface area (Å²) in [6.07, 6.45) is -3.01. The molecule has 1 aliphatic rings. The quantitative estimate of drug-likeness (QED) is 0.538. The Balaban J connectivity index is 2.58. The predicted molar refractivity (Wildman–Crippen MR) is 106 cm³/mol. The van der Waals surface area contributed by atoms with Crippen molar-refractivity contribution >= 4 is 14.3 Å². The van der Waals surface area contributed by atoms with Gasteiger partial charge in [-0.05, 0) is 25.1 Å². The van der Waals surface area contributed by atoms with E-state index < -0.39 is 63.2 Å². The SMILES string of the molecule is Cc1cn(C2OC(CO)C(O)C2O[Si](C)(C)C(C)(C)C)c(=O)n(CC(=O)O)c1=O. The number of aliphatic carboxylic acids is 1. The van der Waals surface area contributed by atoms with Gasteiger partial charge in [-0.25, -0.2) is 9.36 Å². The van der Waals surface area contributed by atoms with E-state index in [0.717, 1.165) is 4.57 Å². The largest absolute Gasteiger partial charge is 0.480 e. The average Bonchev–Trinajstić information content (AvgIpc) is 2.89. The van der Waals surface area contributed by atoms with Crippen LogP contribution < -0.4 is 11.2 Å². The minimum absolute atomic E-state index is 0.141. The van der Waals surface area contributed by atoms with Crippen LogP contribution in [0, 0.1) is 6.92 Å². The Morgan fingerprint density at radius 1 is 1.31 bits per heavy atom. The molecule has 2 rings (SSSR count). The first-order valence-electron chi connectivity index (χ1n) is 9.38. The molecular formula is C18H30N2O8Si. The molecule has 1 aromatic heterocycles. The lowest BCUT2D eigenvalue weighted by Crippen LogP contribution is -2.51. The summed E-state index contributed by atoms with van der Waals surface area (Å²) in [5.41, 5.74) is -1.46. The second kappa shape index (κ2) is 8.15. The molecule has 29 heavy (non-hydrogen) atoms. The number of aliphatic hydroxyl groups is 2. The zero-order chi connectivity index (χ0) is 22.3. The highest BCUT2D eigenvalue weighted by Gasteiger charge is 2.50. The number of aryl methyl sites for hydroxylation is 1. The molecule has 164 valence electrons. The van der Waals surface area contributed by atoms with Gasteiger partial charge in [0.25, 0.3) is 5.56 Å². The summed E-state index contributed by atoms with van der Waals surface area (Å²) >= 11 is 0. The second-order valence-corrected chi connectivity index (χ2v) is 13.6. The number of ether oxygens (including phenoxy) is 1. The highest BCUT2D eigenvalue weighted by atomic mass is 28.4. The minimum atomic E-state index is -2.41.